The van der Waals surface area contributed by atoms with Crippen LogP contribution in [0.2, 0.25) is 0 Å². The smallest absolute Gasteiger partial charge is 0.334 e. The predicted molar refractivity (Wildman–Crippen MR) is 91.1 cm³/mol. The molecule has 2 aliphatic heterocycles. The number of carbonyl (C=O) groups is 2. The summed E-state index contributed by atoms with van der Waals surface area (Å²) >= 11 is 0. The van der Waals surface area contributed by atoms with Gasteiger partial charge in [-0.3, -0.25) is 0 Å². The van der Waals surface area contributed by atoms with Crippen molar-refractivity contribution in [1.29, 1.82) is 0 Å². The summed E-state index contributed by atoms with van der Waals surface area (Å²) in [6.07, 6.45) is 9.56. The van der Waals surface area contributed by atoms with E-state index < -0.39 is 0 Å². The minimum Gasteiger partial charge on any atom is -0.454 e. The highest BCUT2D eigenvalue weighted by atomic mass is 16.6. The van der Waals surface area contributed by atoms with Gasteiger partial charge >= 0.3 is 11.9 Å². The van der Waals surface area contributed by atoms with Gasteiger partial charge in [-0.1, -0.05) is 23.8 Å². The standard InChI is InChI=1S/C20H24O4/c1-12-5-4-6-15-11-16(23-20(15)22)9-13(2)10-18-17(8-7-12)14(3)19(21)24-18/h5,10-11,16-18H,3-4,6-9H2,1-2H3/b12-5+,13-10+/t16?,17-,18+/m1/s1. The minimum absolute atomic E-state index is 0.0240. The summed E-state index contributed by atoms with van der Waals surface area (Å²) in [6.45, 7) is 8.00. The van der Waals surface area contributed by atoms with Crippen LogP contribution in [0.1, 0.15) is 46.0 Å². The lowest BCUT2D eigenvalue weighted by molar-refractivity contribution is -0.139. The number of hydrogen-bond acceptors (Lipinski definition) is 4. The van der Waals surface area contributed by atoms with Gasteiger partial charge in [-0.15, -0.1) is 0 Å². The minimum atomic E-state index is -0.297. The molecule has 3 atom stereocenters. The van der Waals surface area contributed by atoms with E-state index in [-0.39, 0.29) is 30.1 Å². The van der Waals surface area contributed by atoms with E-state index in [4.69, 9.17) is 9.47 Å². The van der Waals surface area contributed by atoms with Crippen LogP contribution in [-0.2, 0) is 19.1 Å². The maximum Gasteiger partial charge on any atom is 0.334 e. The Kier molecular flexibility index (Phi) is 4.74. The summed E-state index contributed by atoms with van der Waals surface area (Å²) in [6, 6.07) is 0. The quantitative estimate of drug-likeness (QED) is 0.386. The van der Waals surface area contributed by atoms with Gasteiger partial charge in [0, 0.05) is 23.5 Å². The van der Waals surface area contributed by atoms with Gasteiger partial charge in [-0.2, -0.15) is 0 Å². The Hall–Kier alpha value is -2.10. The van der Waals surface area contributed by atoms with Crippen LogP contribution >= 0.6 is 0 Å². The van der Waals surface area contributed by atoms with Crippen molar-refractivity contribution in [3.8, 4) is 0 Å². The van der Waals surface area contributed by atoms with Crippen molar-refractivity contribution < 1.29 is 19.1 Å². The molecule has 4 heteroatoms. The van der Waals surface area contributed by atoms with Crippen molar-refractivity contribution in [3.63, 3.8) is 0 Å². The van der Waals surface area contributed by atoms with E-state index >= 15 is 0 Å². The second-order valence-electron chi connectivity index (χ2n) is 6.98. The summed E-state index contributed by atoms with van der Waals surface area (Å²) in [4.78, 5) is 23.8. The van der Waals surface area contributed by atoms with Gasteiger partial charge in [0.25, 0.3) is 0 Å². The first kappa shape index (κ1) is 16.7. The molecular formula is C20H24O4. The lowest BCUT2D eigenvalue weighted by atomic mass is 9.89. The number of esters is 2. The number of hydrogen-bond donors (Lipinski definition) is 0. The summed E-state index contributed by atoms with van der Waals surface area (Å²) in [5.74, 6) is -0.474. The van der Waals surface area contributed by atoms with E-state index in [0.717, 1.165) is 36.8 Å². The summed E-state index contributed by atoms with van der Waals surface area (Å²) in [5, 5.41) is 0. The molecule has 128 valence electrons. The van der Waals surface area contributed by atoms with E-state index in [9.17, 15) is 9.59 Å². The molecule has 2 heterocycles. The normalized spacial score (nSPS) is 35.7. The summed E-state index contributed by atoms with van der Waals surface area (Å²) < 4.78 is 10.9. The number of allylic oxidation sites excluding steroid dienone is 2. The first-order chi connectivity index (χ1) is 11.4. The first-order valence-electron chi connectivity index (χ1n) is 8.58. The predicted octanol–water partition coefficient (Wildman–Crippen LogP) is 3.79. The van der Waals surface area contributed by atoms with E-state index in [1.54, 1.807) is 0 Å². The maximum atomic E-state index is 11.9. The molecule has 0 aromatic carbocycles. The molecule has 2 bridgehead atoms. The van der Waals surface area contributed by atoms with Gasteiger partial charge in [0.05, 0.1) is 0 Å². The SMILES string of the molecule is C=C1C(=O)O[C@H]2/C=C(\C)CC3C=C(CC/C=C(\C)CC[C@H]12)C(=O)O3. The molecule has 0 amide bonds. The second-order valence-corrected chi connectivity index (χ2v) is 6.98. The number of rotatable bonds is 0. The van der Waals surface area contributed by atoms with Crippen LogP contribution in [0.5, 0.6) is 0 Å². The van der Waals surface area contributed by atoms with Gasteiger partial charge in [-0.05, 0) is 51.7 Å². The maximum absolute atomic E-state index is 11.9. The summed E-state index contributed by atoms with van der Waals surface area (Å²) in [7, 11) is 0. The molecule has 0 saturated carbocycles. The fourth-order valence-electron chi connectivity index (χ4n) is 3.57. The van der Waals surface area contributed by atoms with Gasteiger partial charge < -0.3 is 9.47 Å². The highest BCUT2D eigenvalue weighted by Gasteiger charge is 2.37. The molecule has 1 aliphatic carbocycles. The molecule has 24 heavy (non-hydrogen) atoms. The topological polar surface area (TPSA) is 52.6 Å². The average molecular weight is 328 g/mol. The molecule has 3 rings (SSSR count). The van der Waals surface area contributed by atoms with Crippen molar-refractivity contribution >= 4 is 11.9 Å². The van der Waals surface area contributed by atoms with Crippen molar-refractivity contribution in [3.05, 3.63) is 47.1 Å². The van der Waals surface area contributed by atoms with Gasteiger partial charge in [0.15, 0.2) is 0 Å². The van der Waals surface area contributed by atoms with E-state index in [1.807, 2.05) is 19.1 Å². The Morgan fingerprint density at radius 3 is 2.62 bits per heavy atom. The molecule has 3 aliphatic rings. The zero-order valence-corrected chi connectivity index (χ0v) is 14.3. The molecule has 0 spiro atoms. The zero-order chi connectivity index (χ0) is 17.3. The third kappa shape index (κ3) is 3.53. The van der Waals surface area contributed by atoms with E-state index in [1.165, 1.54) is 5.57 Å². The van der Waals surface area contributed by atoms with Gasteiger partial charge in [0.2, 0.25) is 0 Å². The lowest BCUT2D eigenvalue weighted by Gasteiger charge is -2.16. The van der Waals surface area contributed by atoms with Crippen LogP contribution in [0.4, 0.5) is 0 Å². The number of ether oxygens (including phenoxy) is 2. The molecule has 1 unspecified atom stereocenters. The van der Waals surface area contributed by atoms with Crippen molar-refractivity contribution in [2.75, 3.05) is 0 Å². The molecule has 0 radical (unpaired) electrons. The van der Waals surface area contributed by atoms with Crippen molar-refractivity contribution in [2.45, 2.75) is 58.2 Å². The Bertz CT molecular complexity index is 665. The zero-order valence-electron chi connectivity index (χ0n) is 14.3. The fourth-order valence-corrected chi connectivity index (χ4v) is 3.57. The molecule has 4 nitrogen and oxygen atoms in total. The average Bonchev–Trinajstić information content (AvgIpc) is 2.97. The summed E-state index contributed by atoms with van der Waals surface area (Å²) in [5.41, 5.74) is 3.67. The fraction of sp³-hybridized carbons (Fsp3) is 0.500. The van der Waals surface area contributed by atoms with Crippen LogP contribution < -0.4 is 0 Å². The molecular weight excluding hydrogens is 304 g/mol. The number of fused-ring (bicyclic) bond motifs is 2. The Labute approximate surface area is 142 Å². The second kappa shape index (κ2) is 6.80. The molecule has 0 N–H and O–H groups in total. The van der Waals surface area contributed by atoms with Crippen LogP contribution in [0.15, 0.2) is 47.1 Å². The van der Waals surface area contributed by atoms with Crippen LogP contribution in [-0.4, -0.2) is 24.1 Å². The molecule has 1 saturated heterocycles. The Balaban J connectivity index is 1.86. The van der Waals surface area contributed by atoms with Crippen LogP contribution in [0.25, 0.3) is 0 Å². The molecule has 0 aromatic heterocycles. The van der Waals surface area contributed by atoms with Gasteiger partial charge in [-0.25, -0.2) is 9.59 Å². The molecule has 1 fully saturated rings. The Morgan fingerprint density at radius 2 is 1.83 bits per heavy atom. The van der Waals surface area contributed by atoms with Gasteiger partial charge in [0.1, 0.15) is 12.2 Å². The van der Waals surface area contributed by atoms with Crippen molar-refractivity contribution in [2.24, 2.45) is 5.92 Å². The van der Waals surface area contributed by atoms with Crippen molar-refractivity contribution in [1.82, 2.24) is 0 Å². The number of carbonyl (C=O) groups excluding carboxylic acids is 2. The largest absolute Gasteiger partial charge is 0.454 e. The Morgan fingerprint density at radius 1 is 1.04 bits per heavy atom. The molecule has 0 aromatic rings. The highest BCUT2D eigenvalue weighted by Crippen LogP contribution is 2.34. The highest BCUT2D eigenvalue weighted by molar-refractivity contribution is 5.91. The van der Waals surface area contributed by atoms with E-state index in [0.29, 0.717) is 12.0 Å². The van der Waals surface area contributed by atoms with E-state index in [2.05, 4.69) is 19.6 Å². The monoisotopic (exact) mass is 328 g/mol. The van der Waals surface area contributed by atoms with Crippen LogP contribution in [0.3, 0.4) is 0 Å². The lowest BCUT2D eigenvalue weighted by Crippen LogP contribution is -2.16. The first-order valence-corrected chi connectivity index (χ1v) is 8.58. The van der Waals surface area contributed by atoms with Crippen LogP contribution in [0, 0.1) is 5.92 Å². The third-order valence-electron chi connectivity index (χ3n) is 4.99. The third-order valence-corrected chi connectivity index (χ3v) is 4.99.